The van der Waals surface area contributed by atoms with Crippen LogP contribution in [0.2, 0.25) is 0 Å². The van der Waals surface area contributed by atoms with Gasteiger partial charge in [0.25, 0.3) is 5.91 Å². The van der Waals surface area contributed by atoms with Gasteiger partial charge < -0.3 is 10.3 Å². The van der Waals surface area contributed by atoms with Gasteiger partial charge in [0, 0.05) is 18.8 Å². The van der Waals surface area contributed by atoms with Gasteiger partial charge in [0.05, 0.1) is 0 Å². The molecule has 0 aromatic carbocycles. The zero-order chi connectivity index (χ0) is 12.1. The molecular formula is C10H16N4O2. The number of aryl methyl sites for hydroxylation is 1. The minimum atomic E-state index is -0.839. The van der Waals surface area contributed by atoms with Gasteiger partial charge in [-0.05, 0) is 13.3 Å². The molecule has 1 aromatic heterocycles. The van der Waals surface area contributed by atoms with Crippen LogP contribution in [0.15, 0.2) is 12.4 Å². The first kappa shape index (κ1) is 12.2. The number of aromatic nitrogens is 2. The Balaban J connectivity index is 2.78. The molecule has 16 heavy (non-hydrogen) atoms. The van der Waals surface area contributed by atoms with Gasteiger partial charge in [0.1, 0.15) is 11.9 Å². The molecule has 3 amide bonds. The van der Waals surface area contributed by atoms with Crippen molar-refractivity contribution >= 4 is 11.9 Å². The summed E-state index contributed by atoms with van der Waals surface area (Å²) in [7, 11) is 0. The predicted octanol–water partition coefficient (Wildman–Crippen LogP) is 0.592. The Morgan fingerprint density at radius 1 is 1.62 bits per heavy atom. The van der Waals surface area contributed by atoms with Crippen molar-refractivity contribution in [3.05, 3.63) is 18.2 Å². The minimum absolute atomic E-state index is 0.428. The van der Waals surface area contributed by atoms with E-state index >= 15 is 0 Å². The van der Waals surface area contributed by atoms with Crippen LogP contribution in [0, 0.1) is 0 Å². The van der Waals surface area contributed by atoms with E-state index in [1.54, 1.807) is 23.9 Å². The summed E-state index contributed by atoms with van der Waals surface area (Å²) in [5.41, 5.74) is 4.89. The minimum Gasteiger partial charge on any atom is -0.351 e. The molecule has 88 valence electrons. The summed E-state index contributed by atoms with van der Waals surface area (Å²) in [6, 6.07) is -1.33. The molecule has 1 aromatic rings. The maximum atomic E-state index is 11.5. The Morgan fingerprint density at radius 3 is 2.88 bits per heavy atom. The van der Waals surface area contributed by atoms with Gasteiger partial charge in [-0.25, -0.2) is 9.78 Å². The molecule has 0 aliphatic heterocycles. The quantitative estimate of drug-likeness (QED) is 0.784. The molecule has 0 spiro atoms. The largest absolute Gasteiger partial charge is 0.351 e. The van der Waals surface area contributed by atoms with Gasteiger partial charge in [0.2, 0.25) is 0 Å². The number of nitrogens with two attached hydrogens (primary N) is 1. The summed E-state index contributed by atoms with van der Waals surface area (Å²) >= 11 is 0. The van der Waals surface area contributed by atoms with Crippen molar-refractivity contribution in [2.24, 2.45) is 5.73 Å². The van der Waals surface area contributed by atoms with Gasteiger partial charge in [-0.3, -0.25) is 10.1 Å². The molecule has 0 saturated heterocycles. The molecular weight excluding hydrogens is 208 g/mol. The average Bonchev–Trinajstić information content (AvgIpc) is 2.64. The van der Waals surface area contributed by atoms with Crippen LogP contribution in [0.4, 0.5) is 4.79 Å². The topological polar surface area (TPSA) is 90.0 Å². The molecule has 0 aliphatic carbocycles. The van der Waals surface area contributed by atoms with Crippen molar-refractivity contribution in [1.82, 2.24) is 14.9 Å². The molecule has 0 aliphatic rings. The lowest BCUT2D eigenvalue weighted by Gasteiger charge is -2.14. The number of imidazole rings is 1. The fourth-order valence-electron chi connectivity index (χ4n) is 1.47. The molecule has 0 saturated carbocycles. The summed E-state index contributed by atoms with van der Waals surface area (Å²) < 4.78 is 1.74. The van der Waals surface area contributed by atoms with Crippen LogP contribution in [0.1, 0.15) is 32.1 Å². The van der Waals surface area contributed by atoms with E-state index < -0.39 is 18.0 Å². The number of nitrogens with one attached hydrogen (secondary N) is 1. The van der Waals surface area contributed by atoms with E-state index in [-0.39, 0.29) is 0 Å². The highest BCUT2D eigenvalue weighted by molar-refractivity contribution is 5.95. The first-order valence-electron chi connectivity index (χ1n) is 5.18. The molecule has 1 heterocycles. The smallest absolute Gasteiger partial charge is 0.318 e. The SMILES string of the molecule is CCCc1nccn1C(C)C(=O)NC(N)=O. The van der Waals surface area contributed by atoms with E-state index in [1.807, 2.05) is 6.92 Å². The van der Waals surface area contributed by atoms with Crippen molar-refractivity contribution in [2.75, 3.05) is 0 Å². The molecule has 6 nitrogen and oxygen atoms in total. The maximum Gasteiger partial charge on any atom is 0.318 e. The number of urea groups is 1. The molecule has 1 atom stereocenters. The molecule has 1 unspecified atom stereocenters. The lowest BCUT2D eigenvalue weighted by atomic mass is 10.2. The van der Waals surface area contributed by atoms with Crippen LogP contribution in [-0.4, -0.2) is 21.5 Å². The van der Waals surface area contributed by atoms with Crippen molar-refractivity contribution in [3.63, 3.8) is 0 Å². The Hall–Kier alpha value is -1.85. The van der Waals surface area contributed by atoms with Gasteiger partial charge in [-0.1, -0.05) is 6.92 Å². The van der Waals surface area contributed by atoms with Crippen LogP contribution in [-0.2, 0) is 11.2 Å². The number of imide groups is 1. The fraction of sp³-hybridized carbons (Fsp3) is 0.500. The van der Waals surface area contributed by atoms with E-state index in [9.17, 15) is 9.59 Å². The van der Waals surface area contributed by atoms with Crippen LogP contribution in [0.25, 0.3) is 0 Å². The summed E-state index contributed by atoms with van der Waals surface area (Å²) in [6.07, 6.45) is 5.09. The van der Waals surface area contributed by atoms with Crippen LogP contribution in [0.5, 0.6) is 0 Å². The van der Waals surface area contributed by atoms with Crippen molar-refractivity contribution in [3.8, 4) is 0 Å². The van der Waals surface area contributed by atoms with Crippen LogP contribution in [0.3, 0.4) is 0 Å². The normalized spacial score (nSPS) is 12.1. The van der Waals surface area contributed by atoms with E-state index in [2.05, 4.69) is 10.3 Å². The van der Waals surface area contributed by atoms with Gasteiger partial charge >= 0.3 is 6.03 Å². The van der Waals surface area contributed by atoms with Gasteiger partial charge in [0.15, 0.2) is 0 Å². The fourth-order valence-corrected chi connectivity index (χ4v) is 1.47. The Kier molecular flexibility index (Phi) is 4.04. The van der Waals surface area contributed by atoms with E-state index in [1.165, 1.54) is 0 Å². The first-order chi connectivity index (χ1) is 7.56. The van der Waals surface area contributed by atoms with E-state index in [4.69, 9.17) is 5.73 Å². The monoisotopic (exact) mass is 224 g/mol. The second-order valence-electron chi connectivity index (χ2n) is 3.53. The Labute approximate surface area is 93.8 Å². The number of hydrogen-bond donors (Lipinski definition) is 2. The molecule has 1 rings (SSSR count). The molecule has 0 radical (unpaired) electrons. The molecule has 3 N–H and O–H groups in total. The van der Waals surface area contributed by atoms with Crippen LogP contribution >= 0.6 is 0 Å². The number of nitrogens with zero attached hydrogens (tertiary/aromatic N) is 2. The highest BCUT2D eigenvalue weighted by Crippen LogP contribution is 2.10. The van der Waals surface area contributed by atoms with E-state index in [0.717, 1.165) is 18.7 Å². The standard InChI is InChI=1S/C10H16N4O2/c1-3-4-8-12-5-6-14(8)7(2)9(15)13-10(11)16/h5-7H,3-4H2,1-2H3,(H3,11,13,15,16). The second-order valence-corrected chi connectivity index (χ2v) is 3.53. The summed E-state index contributed by atoms with van der Waals surface area (Å²) in [5, 5.41) is 2.05. The highest BCUT2D eigenvalue weighted by atomic mass is 16.2. The predicted molar refractivity (Wildman–Crippen MR) is 58.7 cm³/mol. The Bertz CT molecular complexity index is 386. The van der Waals surface area contributed by atoms with Crippen molar-refractivity contribution in [2.45, 2.75) is 32.7 Å². The number of hydrogen-bond acceptors (Lipinski definition) is 3. The van der Waals surface area contributed by atoms with Crippen molar-refractivity contribution < 1.29 is 9.59 Å². The van der Waals surface area contributed by atoms with Crippen LogP contribution < -0.4 is 11.1 Å². The third-order valence-electron chi connectivity index (χ3n) is 2.27. The Morgan fingerprint density at radius 2 is 2.31 bits per heavy atom. The number of amides is 3. The van der Waals surface area contributed by atoms with Crippen molar-refractivity contribution in [1.29, 1.82) is 0 Å². The third kappa shape index (κ3) is 2.82. The first-order valence-corrected chi connectivity index (χ1v) is 5.18. The van der Waals surface area contributed by atoms with Gasteiger partial charge in [-0.15, -0.1) is 0 Å². The maximum absolute atomic E-state index is 11.5. The summed E-state index contributed by atoms with van der Waals surface area (Å²) in [5.74, 6) is 0.400. The third-order valence-corrected chi connectivity index (χ3v) is 2.27. The number of carbonyl (C=O) groups is 2. The zero-order valence-corrected chi connectivity index (χ0v) is 9.43. The van der Waals surface area contributed by atoms with Gasteiger partial charge in [-0.2, -0.15) is 0 Å². The summed E-state index contributed by atoms with van der Waals surface area (Å²) in [4.78, 5) is 26.3. The molecule has 0 fully saturated rings. The molecule has 0 bridgehead atoms. The zero-order valence-electron chi connectivity index (χ0n) is 9.43. The molecule has 6 heteroatoms. The lowest BCUT2D eigenvalue weighted by molar-refractivity contribution is -0.122. The number of primary amides is 1. The summed E-state index contributed by atoms with van der Waals surface area (Å²) in [6.45, 7) is 3.73. The number of rotatable bonds is 4. The number of carbonyl (C=O) groups excluding carboxylic acids is 2. The highest BCUT2D eigenvalue weighted by Gasteiger charge is 2.18. The lowest BCUT2D eigenvalue weighted by Crippen LogP contribution is -2.39. The van der Waals surface area contributed by atoms with E-state index in [0.29, 0.717) is 0 Å². The average molecular weight is 224 g/mol. The second kappa shape index (κ2) is 5.29.